The van der Waals surface area contributed by atoms with Crippen LogP contribution in [-0.2, 0) is 12.2 Å². The Morgan fingerprint density at radius 1 is 1.06 bits per heavy atom. The molecule has 0 bridgehead atoms. The monoisotopic (exact) mass is 257 g/mol. The summed E-state index contributed by atoms with van der Waals surface area (Å²) in [6, 6.07) is 12.9. The van der Waals surface area contributed by atoms with E-state index in [-0.39, 0.29) is 0 Å². The van der Waals surface area contributed by atoms with Gasteiger partial charge in [-0.1, -0.05) is 35.4 Å². The average Bonchev–Trinajstić information content (AvgIpc) is 2.35. The SMILES string of the molecule is Cc1cc(C)cc(CSCCc2ccccn2)c1. The fourth-order valence-corrected chi connectivity index (χ4v) is 2.97. The summed E-state index contributed by atoms with van der Waals surface area (Å²) in [5.41, 5.74) is 5.33. The number of hydrogen-bond acceptors (Lipinski definition) is 2. The lowest BCUT2D eigenvalue weighted by Gasteiger charge is -2.05. The van der Waals surface area contributed by atoms with Crippen LogP contribution >= 0.6 is 11.8 Å². The first-order valence-corrected chi connectivity index (χ1v) is 7.44. The summed E-state index contributed by atoms with van der Waals surface area (Å²) in [5.74, 6) is 2.22. The zero-order chi connectivity index (χ0) is 12.8. The number of aromatic nitrogens is 1. The minimum absolute atomic E-state index is 1.05. The highest BCUT2D eigenvalue weighted by molar-refractivity contribution is 7.98. The summed E-state index contributed by atoms with van der Waals surface area (Å²) in [6.07, 6.45) is 2.92. The molecule has 0 N–H and O–H groups in total. The molecule has 18 heavy (non-hydrogen) atoms. The number of hydrogen-bond donors (Lipinski definition) is 0. The van der Waals surface area contributed by atoms with E-state index in [0.717, 1.165) is 17.9 Å². The minimum atomic E-state index is 1.05. The second-order valence-electron chi connectivity index (χ2n) is 4.62. The fourth-order valence-electron chi connectivity index (χ4n) is 2.07. The molecule has 1 aromatic heterocycles. The molecule has 0 saturated heterocycles. The molecule has 94 valence electrons. The summed E-state index contributed by atoms with van der Waals surface area (Å²) >= 11 is 1.98. The maximum Gasteiger partial charge on any atom is 0.0411 e. The van der Waals surface area contributed by atoms with E-state index in [1.54, 1.807) is 0 Å². The molecule has 1 aromatic carbocycles. The van der Waals surface area contributed by atoms with Crippen LogP contribution in [0.25, 0.3) is 0 Å². The highest BCUT2D eigenvalue weighted by Crippen LogP contribution is 2.16. The number of rotatable bonds is 5. The zero-order valence-electron chi connectivity index (χ0n) is 11.0. The van der Waals surface area contributed by atoms with Crippen molar-refractivity contribution in [2.45, 2.75) is 26.0 Å². The van der Waals surface area contributed by atoms with Crippen molar-refractivity contribution < 1.29 is 0 Å². The Morgan fingerprint density at radius 2 is 1.83 bits per heavy atom. The van der Waals surface area contributed by atoms with Gasteiger partial charge in [-0.15, -0.1) is 0 Å². The molecule has 0 aliphatic rings. The van der Waals surface area contributed by atoms with Crippen molar-refractivity contribution in [2.75, 3.05) is 5.75 Å². The number of benzene rings is 1. The molecule has 0 atom stereocenters. The van der Waals surface area contributed by atoms with Gasteiger partial charge in [-0.05, 0) is 43.7 Å². The Kier molecular flexibility index (Phi) is 4.82. The zero-order valence-corrected chi connectivity index (χ0v) is 11.8. The lowest BCUT2D eigenvalue weighted by atomic mass is 10.1. The number of pyridine rings is 1. The lowest BCUT2D eigenvalue weighted by molar-refractivity contribution is 1.05. The molecule has 2 heteroatoms. The van der Waals surface area contributed by atoms with Gasteiger partial charge in [-0.25, -0.2) is 0 Å². The molecule has 0 unspecified atom stereocenters. The van der Waals surface area contributed by atoms with Crippen molar-refractivity contribution in [1.29, 1.82) is 0 Å². The molecule has 0 radical (unpaired) electrons. The molecule has 1 nitrogen and oxygen atoms in total. The Bertz CT molecular complexity index is 473. The lowest BCUT2D eigenvalue weighted by Crippen LogP contribution is -1.92. The maximum absolute atomic E-state index is 4.34. The highest BCUT2D eigenvalue weighted by Gasteiger charge is 1.98. The van der Waals surface area contributed by atoms with Crippen molar-refractivity contribution in [3.8, 4) is 0 Å². The van der Waals surface area contributed by atoms with Gasteiger partial charge in [0.2, 0.25) is 0 Å². The van der Waals surface area contributed by atoms with E-state index in [1.165, 1.54) is 22.4 Å². The molecule has 1 heterocycles. The van der Waals surface area contributed by atoms with E-state index in [2.05, 4.69) is 49.2 Å². The quantitative estimate of drug-likeness (QED) is 0.745. The smallest absolute Gasteiger partial charge is 0.0411 e. The minimum Gasteiger partial charge on any atom is -0.261 e. The molecule has 2 aromatic rings. The summed E-state index contributed by atoms with van der Waals surface area (Å²) < 4.78 is 0. The molecule has 0 fully saturated rings. The van der Waals surface area contributed by atoms with Gasteiger partial charge in [0.05, 0.1) is 0 Å². The van der Waals surface area contributed by atoms with Crippen molar-refractivity contribution >= 4 is 11.8 Å². The maximum atomic E-state index is 4.34. The summed E-state index contributed by atoms with van der Waals surface area (Å²) in [7, 11) is 0. The van der Waals surface area contributed by atoms with E-state index >= 15 is 0 Å². The third-order valence-electron chi connectivity index (χ3n) is 2.78. The van der Waals surface area contributed by atoms with Gasteiger partial charge in [0, 0.05) is 17.6 Å². The summed E-state index contributed by atoms with van der Waals surface area (Å²) in [5, 5.41) is 0. The predicted octanol–water partition coefficient (Wildman–Crippen LogP) is 4.17. The van der Waals surface area contributed by atoms with Crippen molar-refractivity contribution in [3.05, 3.63) is 65.0 Å². The summed E-state index contributed by atoms with van der Waals surface area (Å²) in [6.45, 7) is 4.32. The van der Waals surface area contributed by atoms with E-state index < -0.39 is 0 Å². The first kappa shape index (κ1) is 13.2. The molecule has 2 rings (SSSR count). The second kappa shape index (κ2) is 6.60. The van der Waals surface area contributed by atoms with E-state index in [4.69, 9.17) is 0 Å². The van der Waals surface area contributed by atoms with E-state index in [0.29, 0.717) is 0 Å². The van der Waals surface area contributed by atoms with Gasteiger partial charge in [-0.3, -0.25) is 4.98 Å². The number of thioether (sulfide) groups is 1. The molecule has 0 spiro atoms. The molecular formula is C16H19NS. The van der Waals surface area contributed by atoms with Crippen LogP contribution in [0.5, 0.6) is 0 Å². The largest absolute Gasteiger partial charge is 0.261 e. The van der Waals surface area contributed by atoms with E-state index in [1.807, 2.05) is 24.0 Å². The van der Waals surface area contributed by atoms with Crippen LogP contribution in [0.15, 0.2) is 42.6 Å². The molecule has 0 saturated carbocycles. The fraction of sp³-hybridized carbons (Fsp3) is 0.312. The van der Waals surface area contributed by atoms with Gasteiger partial charge < -0.3 is 0 Å². The number of nitrogens with zero attached hydrogens (tertiary/aromatic N) is 1. The average molecular weight is 257 g/mol. The van der Waals surface area contributed by atoms with Gasteiger partial charge in [0.15, 0.2) is 0 Å². The van der Waals surface area contributed by atoms with Crippen LogP contribution in [0.3, 0.4) is 0 Å². The molecule has 0 amide bonds. The highest BCUT2D eigenvalue weighted by atomic mass is 32.2. The normalized spacial score (nSPS) is 10.6. The van der Waals surface area contributed by atoms with Crippen LogP contribution < -0.4 is 0 Å². The third-order valence-corrected chi connectivity index (χ3v) is 3.81. The second-order valence-corrected chi connectivity index (χ2v) is 5.72. The standard InChI is InChI=1S/C16H19NS/c1-13-9-14(2)11-15(10-13)12-18-8-6-16-5-3-4-7-17-16/h3-5,7,9-11H,6,8,12H2,1-2H3. The first-order chi connectivity index (χ1) is 8.74. The van der Waals surface area contributed by atoms with Crippen molar-refractivity contribution in [1.82, 2.24) is 4.98 Å². The molecular weight excluding hydrogens is 238 g/mol. The van der Waals surface area contributed by atoms with Crippen LogP contribution in [0.1, 0.15) is 22.4 Å². The van der Waals surface area contributed by atoms with Crippen LogP contribution in [0, 0.1) is 13.8 Å². The van der Waals surface area contributed by atoms with Crippen LogP contribution in [-0.4, -0.2) is 10.7 Å². The van der Waals surface area contributed by atoms with Gasteiger partial charge >= 0.3 is 0 Å². The topological polar surface area (TPSA) is 12.9 Å². The van der Waals surface area contributed by atoms with Gasteiger partial charge in [-0.2, -0.15) is 11.8 Å². The third kappa shape index (κ3) is 4.19. The predicted molar refractivity (Wildman–Crippen MR) is 80.0 cm³/mol. The first-order valence-electron chi connectivity index (χ1n) is 6.29. The Morgan fingerprint density at radius 3 is 2.50 bits per heavy atom. The van der Waals surface area contributed by atoms with Gasteiger partial charge in [0.25, 0.3) is 0 Å². The van der Waals surface area contributed by atoms with Crippen LogP contribution in [0.2, 0.25) is 0 Å². The Hall–Kier alpha value is -1.28. The van der Waals surface area contributed by atoms with Crippen molar-refractivity contribution in [2.24, 2.45) is 0 Å². The molecule has 0 aliphatic carbocycles. The number of aryl methyl sites for hydroxylation is 3. The Balaban J connectivity index is 1.78. The molecule has 0 aliphatic heterocycles. The van der Waals surface area contributed by atoms with Crippen LogP contribution in [0.4, 0.5) is 0 Å². The van der Waals surface area contributed by atoms with E-state index in [9.17, 15) is 0 Å². The van der Waals surface area contributed by atoms with Crippen molar-refractivity contribution in [3.63, 3.8) is 0 Å². The van der Waals surface area contributed by atoms with Gasteiger partial charge in [0.1, 0.15) is 0 Å². The Labute approximate surface area is 114 Å². The summed E-state index contributed by atoms with van der Waals surface area (Å²) in [4.78, 5) is 4.34.